The van der Waals surface area contributed by atoms with E-state index in [-0.39, 0.29) is 24.6 Å². The van der Waals surface area contributed by atoms with Crippen molar-refractivity contribution in [2.24, 2.45) is 0 Å². The van der Waals surface area contributed by atoms with Crippen molar-refractivity contribution in [3.63, 3.8) is 0 Å². The lowest BCUT2D eigenvalue weighted by atomic mass is 10.2. The Bertz CT molecular complexity index is 811. The van der Waals surface area contributed by atoms with Crippen molar-refractivity contribution >= 4 is 23.3 Å². The van der Waals surface area contributed by atoms with E-state index in [9.17, 15) is 22.8 Å². The fourth-order valence-corrected chi connectivity index (χ4v) is 2.60. The van der Waals surface area contributed by atoms with Crippen molar-refractivity contribution < 1.29 is 22.8 Å². The topological polar surface area (TPSA) is 61.4 Å². The Hall–Kier alpha value is -3.03. The number of halogens is 3. The molecule has 25 heavy (non-hydrogen) atoms. The van der Waals surface area contributed by atoms with Crippen LogP contribution in [0.4, 0.5) is 29.3 Å². The molecule has 1 aliphatic heterocycles. The van der Waals surface area contributed by atoms with E-state index in [1.807, 2.05) is 0 Å². The van der Waals surface area contributed by atoms with Crippen molar-refractivity contribution in [1.29, 1.82) is 0 Å². The molecule has 2 N–H and O–H groups in total. The Kier molecular flexibility index (Phi) is 4.60. The lowest BCUT2D eigenvalue weighted by molar-refractivity contribution is -0.117. The number of carbonyl (C=O) groups is 2. The van der Waals surface area contributed by atoms with Crippen molar-refractivity contribution in [3.8, 4) is 0 Å². The smallest absolute Gasteiger partial charge is 0.319 e. The van der Waals surface area contributed by atoms with E-state index in [2.05, 4.69) is 10.6 Å². The number of hydrogen-bond donors (Lipinski definition) is 2. The zero-order valence-corrected chi connectivity index (χ0v) is 12.9. The van der Waals surface area contributed by atoms with Crippen LogP contribution in [0, 0.1) is 17.5 Å². The predicted molar refractivity (Wildman–Crippen MR) is 85.7 cm³/mol. The maximum absolute atomic E-state index is 13.1. The van der Waals surface area contributed by atoms with Crippen LogP contribution in [0.15, 0.2) is 42.5 Å². The molecule has 0 bridgehead atoms. The monoisotopic (exact) mass is 349 g/mol. The highest BCUT2D eigenvalue weighted by molar-refractivity contribution is 5.97. The number of urea groups is 1. The highest BCUT2D eigenvalue weighted by atomic mass is 19.2. The number of carbonyl (C=O) groups excluding carboxylic acids is 2. The van der Waals surface area contributed by atoms with E-state index in [0.29, 0.717) is 5.69 Å². The fourth-order valence-electron chi connectivity index (χ4n) is 2.60. The third-order valence-electron chi connectivity index (χ3n) is 3.78. The third-order valence-corrected chi connectivity index (χ3v) is 3.78. The fraction of sp³-hybridized carbons (Fsp3) is 0.176. The predicted octanol–water partition coefficient (Wildman–Crippen LogP) is 3.03. The molecule has 0 saturated carbocycles. The largest absolute Gasteiger partial charge is 0.333 e. The Morgan fingerprint density at radius 2 is 1.76 bits per heavy atom. The summed E-state index contributed by atoms with van der Waals surface area (Å²) in [5.74, 6) is -2.70. The zero-order valence-electron chi connectivity index (χ0n) is 12.9. The first kappa shape index (κ1) is 16.8. The van der Waals surface area contributed by atoms with E-state index in [1.165, 1.54) is 35.2 Å². The lowest BCUT2D eigenvalue weighted by Crippen LogP contribution is -2.39. The van der Waals surface area contributed by atoms with Gasteiger partial charge in [0.05, 0.1) is 6.04 Å². The minimum atomic E-state index is -1.07. The number of benzene rings is 2. The molecule has 1 fully saturated rings. The van der Waals surface area contributed by atoms with Crippen LogP contribution in [0.2, 0.25) is 0 Å². The maximum atomic E-state index is 13.1. The average Bonchev–Trinajstić information content (AvgIpc) is 2.92. The third kappa shape index (κ3) is 3.90. The summed E-state index contributed by atoms with van der Waals surface area (Å²) in [6.45, 7) is 0.232. The Morgan fingerprint density at radius 3 is 2.44 bits per heavy atom. The van der Waals surface area contributed by atoms with Crippen LogP contribution in [0.3, 0.4) is 0 Å². The molecule has 1 aliphatic rings. The van der Waals surface area contributed by atoms with Crippen LogP contribution in [0.25, 0.3) is 0 Å². The SMILES string of the molecule is O=C(Nc1ccc(F)c(F)c1)N[C@@H]1CC(=O)N(c2ccc(F)cc2)C1. The molecule has 3 rings (SSSR count). The van der Waals surface area contributed by atoms with Gasteiger partial charge in [0, 0.05) is 30.4 Å². The van der Waals surface area contributed by atoms with E-state index >= 15 is 0 Å². The average molecular weight is 349 g/mol. The number of rotatable bonds is 3. The highest BCUT2D eigenvalue weighted by Gasteiger charge is 2.31. The Labute approximate surface area is 141 Å². The Balaban J connectivity index is 1.60. The van der Waals surface area contributed by atoms with Crippen LogP contribution < -0.4 is 15.5 Å². The van der Waals surface area contributed by atoms with Gasteiger partial charge in [-0.15, -0.1) is 0 Å². The molecule has 2 aromatic carbocycles. The van der Waals surface area contributed by atoms with Crippen LogP contribution in [-0.4, -0.2) is 24.5 Å². The van der Waals surface area contributed by atoms with E-state index < -0.39 is 29.5 Å². The van der Waals surface area contributed by atoms with Crippen molar-refractivity contribution in [1.82, 2.24) is 5.32 Å². The first-order valence-corrected chi connectivity index (χ1v) is 7.51. The van der Waals surface area contributed by atoms with Gasteiger partial charge in [-0.1, -0.05) is 0 Å². The molecule has 5 nitrogen and oxygen atoms in total. The minimum absolute atomic E-state index is 0.0859. The van der Waals surface area contributed by atoms with Crippen LogP contribution in [0.1, 0.15) is 6.42 Å². The summed E-state index contributed by atoms with van der Waals surface area (Å²) < 4.78 is 39.0. The van der Waals surface area contributed by atoms with Crippen LogP contribution in [0.5, 0.6) is 0 Å². The molecule has 0 aromatic heterocycles. The molecule has 0 radical (unpaired) electrons. The van der Waals surface area contributed by atoms with E-state index in [0.717, 1.165) is 12.1 Å². The maximum Gasteiger partial charge on any atom is 0.319 e. The van der Waals surface area contributed by atoms with Gasteiger partial charge >= 0.3 is 6.03 Å². The number of hydrogen-bond acceptors (Lipinski definition) is 2. The first-order chi connectivity index (χ1) is 11.9. The van der Waals surface area contributed by atoms with Gasteiger partial charge in [-0.2, -0.15) is 0 Å². The van der Waals surface area contributed by atoms with Crippen molar-refractivity contribution in [3.05, 3.63) is 59.9 Å². The molecule has 0 aliphatic carbocycles. The van der Waals surface area contributed by atoms with Gasteiger partial charge < -0.3 is 15.5 Å². The molecule has 3 amide bonds. The molecule has 1 heterocycles. The Morgan fingerprint density at radius 1 is 1.04 bits per heavy atom. The molecular formula is C17H14F3N3O2. The standard InChI is InChI=1S/C17H14F3N3O2/c18-10-1-4-13(5-2-10)23-9-12(8-16(23)24)22-17(25)21-11-3-6-14(19)15(20)7-11/h1-7,12H,8-9H2,(H2,21,22,25)/t12-/m1/s1. The van der Waals surface area contributed by atoms with Crippen LogP contribution >= 0.6 is 0 Å². The van der Waals surface area contributed by atoms with Gasteiger partial charge in [0.25, 0.3) is 0 Å². The summed E-state index contributed by atoms with van der Waals surface area (Å²) in [6, 6.07) is 7.36. The van der Waals surface area contributed by atoms with Gasteiger partial charge in [-0.25, -0.2) is 18.0 Å². The molecule has 1 saturated heterocycles. The van der Waals surface area contributed by atoms with Gasteiger partial charge in [0.2, 0.25) is 5.91 Å². The van der Waals surface area contributed by atoms with Crippen molar-refractivity contribution in [2.45, 2.75) is 12.5 Å². The summed E-state index contributed by atoms with van der Waals surface area (Å²) in [7, 11) is 0. The number of nitrogens with one attached hydrogen (secondary N) is 2. The summed E-state index contributed by atoms with van der Waals surface area (Å²) in [6.07, 6.45) is 0.0859. The molecule has 2 aromatic rings. The van der Waals surface area contributed by atoms with Gasteiger partial charge in [0.15, 0.2) is 11.6 Å². The molecular weight excluding hydrogens is 335 g/mol. The molecule has 1 atom stereocenters. The second-order valence-electron chi connectivity index (χ2n) is 5.61. The van der Waals surface area contributed by atoms with Gasteiger partial charge in [-0.3, -0.25) is 4.79 Å². The number of nitrogens with zero attached hydrogens (tertiary/aromatic N) is 1. The summed E-state index contributed by atoms with van der Waals surface area (Å²) >= 11 is 0. The zero-order chi connectivity index (χ0) is 18.0. The van der Waals surface area contributed by atoms with E-state index in [1.54, 1.807) is 0 Å². The second-order valence-corrected chi connectivity index (χ2v) is 5.61. The van der Waals surface area contributed by atoms with E-state index in [4.69, 9.17) is 0 Å². The number of anilines is 2. The number of amides is 3. The highest BCUT2D eigenvalue weighted by Crippen LogP contribution is 2.22. The quantitative estimate of drug-likeness (QED) is 0.895. The second kappa shape index (κ2) is 6.84. The lowest BCUT2D eigenvalue weighted by Gasteiger charge is -2.17. The van der Waals surface area contributed by atoms with Gasteiger partial charge in [0.1, 0.15) is 5.82 Å². The minimum Gasteiger partial charge on any atom is -0.333 e. The molecule has 8 heteroatoms. The van der Waals surface area contributed by atoms with Crippen molar-refractivity contribution in [2.75, 3.05) is 16.8 Å². The summed E-state index contributed by atoms with van der Waals surface area (Å²) in [5.41, 5.74) is 0.632. The first-order valence-electron chi connectivity index (χ1n) is 7.51. The molecule has 0 spiro atoms. The van der Waals surface area contributed by atoms with Gasteiger partial charge in [-0.05, 0) is 36.4 Å². The normalized spacial score (nSPS) is 16.8. The summed E-state index contributed by atoms with van der Waals surface area (Å²) in [5, 5.41) is 4.98. The molecule has 130 valence electrons. The van der Waals surface area contributed by atoms with Crippen LogP contribution in [-0.2, 0) is 4.79 Å². The summed E-state index contributed by atoms with van der Waals surface area (Å²) in [4.78, 5) is 25.4. The molecule has 0 unspecified atom stereocenters.